The van der Waals surface area contributed by atoms with E-state index >= 15 is 0 Å². The monoisotopic (exact) mass is 445 g/mol. The highest BCUT2D eigenvalue weighted by Crippen LogP contribution is 2.24. The molecule has 3 N–H and O–H groups in total. The zero-order valence-corrected chi connectivity index (χ0v) is 18.8. The van der Waals surface area contributed by atoms with Crippen molar-refractivity contribution in [3.05, 3.63) is 72.3 Å². The highest BCUT2D eigenvalue weighted by molar-refractivity contribution is 5.77. The summed E-state index contributed by atoms with van der Waals surface area (Å²) in [5.74, 6) is 0.273. The number of hydrogen-bond acceptors (Lipinski definition) is 6. The molecule has 3 heterocycles. The van der Waals surface area contributed by atoms with Gasteiger partial charge in [-0.1, -0.05) is 0 Å². The van der Waals surface area contributed by atoms with Crippen molar-refractivity contribution < 1.29 is 4.39 Å². The minimum Gasteiger partial charge on any atom is -0.388 e. The normalized spacial score (nSPS) is 16.2. The molecule has 1 unspecified atom stereocenters. The lowest BCUT2D eigenvalue weighted by Crippen LogP contribution is -2.49. The van der Waals surface area contributed by atoms with Gasteiger partial charge in [0.1, 0.15) is 11.5 Å². The number of aromatic nitrogens is 3. The van der Waals surface area contributed by atoms with Crippen LogP contribution >= 0.6 is 0 Å². The lowest BCUT2D eigenvalue weighted by Gasteiger charge is -2.33. The topological polar surface area (TPSA) is 70.0 Å². The summed E-state index contributed by atoms with van der Waals surface area (Å²) in [6, 6.07) is 15.6. The molecule has 0 amide bonds. The van der Waals surface area contributed by atoms with E-state index in [9.17, 15) is 4.39 Å². The molecule has 0 spiro atoms. The van der Waals surface area contributed by atoms with Crippen LogP contribution in [0.2, 0.25) is 0 Å². The first kappa shape index (κ1) is 21.2. The Morgan fingerprint density at radius 2 is 2.00 bits per heavy atom. The minimum atomic E-state index is -0.254. The number of benzene rings is 2. The molecule has 2 aromatic heterocycles. The molecular weight excluding hydrogens is 417 g/mol. The molecule has 1 atom stereocenters. The summed E-state index contributed by atoms with van der Waals surface area (Å²) in [5.41, 5.74) is 4.70. The SMILES string of the molecule is CNc1ccc(F)cc1Cn1ccc2cnc(Nc3ccc(N4CCNC(C)C4)cc3)nc21. The van der Waals surface area contributed by atoms with Gasteiger partial charge in [0.25, 0.3) is 0 Å². The maximum Gasteiger partial charge on any atom is 0.229 e. The smallest absolute Gasteiger partial charge is 0.229 e. The summed E-state index contributed by atoms with van der Waals surface area (Å²) in [6.07, 6.45) is 3.76. The van der Waals surface area contributed by atoms with Crippen LogP contribution in [-0.4, -0.2) is 47.3 Å². The Morgan fingerprint density at radius 3 is 2.79 bits per heavy atom. The number of hydrogen-bond donors (Lipinski definition) is 3. The molecular formula is C25H28FN7. The third-order valence-corrected chi connectivity index (χ3v) is 6.04. The Kier molecular flexibility index (Phi) is 5.83. The molecule has 33 heavy (non-hydrogen) atoms. The van der Waals surface area contributed by atoms with Gasteiger partial charge in [-0.2, -0.15) is 4.98 Å². The fourth-order valence-corrected chi connectivity index (χ4v) is 4.33. The van der Waals surface area contributed by atoms with Crippen LogP contribution in [0.4, 0.5) is 27.4 Å². The van der Waals surface area contributed by atoms with Gasteiger partial charge in [0, 0.05) is 67.6 Å². The number of piperazine rings is 1. The van der Waals surface area contributed by atoms with E-state index in [1.165, 1.54) is 11.8 Å². The molecule has 2 aromatic carbocycles. The second-order valence-electron chi connectivity index (χ2n) is 8.44. The first-order valence-electron chi connectivity index (χ1n) is 11.2. The average Bonchev–Trinajstić information content (AvgIpc) is 3.22. The van der Waals surface area contributed by atoms with Crippen LogP contribution in [0, 0.1) is 5.82 Å². The molecule has 0 aliphatic carbocycles. The van der Waals surface area contributed by atoms with E-state index in [4.69, 9.17) is 4.98 Å². The van der Waals surface area contributed by atoms with E-state index in [2.05, 4.69) is 57.0 Å². The average molecular weight is 446 g/mol. The van der Waals surface area contributed by atoms with Crippen molar-refractivity contribution in [1.29, 1.82) is 0 Å². The molecule has 5 rings (SSSR count). The van der Waals surface area contributed by atoms with Crippen LogP contribution in [0.15, 0.2) is 60.9 Å². The molecule has 1 aliphatic heterocycles. The quantitative estimate of drug-likeness (QED) is 0.413. The predicted molar refractivity (Wildman–Crippen MR) is 132 cm³/mol. The van der Waals surface area contributed by atoms with E-state index in [0.717, 1.165) is 47.6 Å². The van der Waals surface area contributed by atoms with Crippen LogP contribution < -0.4 is 20.9 Å². The molecule has 7 nitrogen and oxygen atoms in total. The third kappa shape index (κ3) is 4.61. The second-order valence-corrected chi connectivity index (χ2v) is 8.44. The Labute approximate surface area is 192 Å². The van der Waals surface area contributed by atoms with Gasteiger partial charge < -0.3 is 25.4 Å². The standard InChI is InChI=1S/C25H28FN7/c1-17-15-32(12-10-28-17)22-6-4-21(5-7-22)30-25-29-14-18-9-11-33(24(18)31-25)16-19-13-20(26)3-8-23(19)27-2/h3-9,11,13-14,17,27-28H,10,12,15-16H2,1-2H3,(H,29,30,31). The van der Waals surface area contributed by atoms with Crippen molar-refractivity contribution in [1.82, 2.24) is 19.9 Å². The Morgan fingerprint density at radius 1 is 1.15 bits per heavy atom. The number of halogens is 1. The highest BCUT2D eigenvalue weighted by Gasteiger charge is 2.16. The van der Waals surface area contributed by atoms with E-state index in [0.29, 0.717) is 18.5 Å². The first-order valence-corrected chi connectivity index (χ1v) is 11.2. The van der Waals surface area contributed by atoms with Crippen molar-refractivity contribution >= 4 is 34.0 Å². The number of nitrogens with zero attached hydrogens (tertiary/aromatic N) is 4. The molecule has 1 aliphatic rings. The Bertz CT molecular complexity index is 1250. The highest BCUT2D eigenvalue weighted by atomic mass is 19.1. The van der Waals surface area contributed by atoms with Crippen molar-refractivity contribution in [2.45, 2.75) is 19.5 Å². The van der Waals surface area contributed by atoms with Gasteiger partial charge in [0.2, 0.25) is 5.95 Å². The first-order chi connectivity index (χ1) is 16.1. The van der Waals surface area contributed by atoms with E-state index in [1.54, 1.807) is 12.1 Å². The maximum atomic E-state index is 13.8. The lowest BCUT2D eigenvalue weighted by molar-refractivity contribution is 0.485. The predicted octanol–water partition coefficient (Wildman–Crippen LogP) is 4.20. The van der Waals surface area contributed by atoms with E-state index in [-0.39, 0.29) is 5.82 Å². The summed E-state index contributed by atoms with van der Waals surface area (Å²) >= 11 is 0. The molecule has 1 saturated heterocycles. The van der Waals surface area contributed by atoms with Crippen molar-refractivity contribution in [2.75, 3.05) is 42.2 Å². The molecule has 1 fully saturated rings. The van der Waals surface area contributed by atoms with Crippen molar-refractivity contribution in [3.8, 4) is 0 Å². The fraction of sp³-hybridized carbons (Fsp3) is 0.280. The minimum absolute atomic E-state index is 0.254. The van der Waals surface area contributed by atoms with E-state index < -0.39 is 0 Å². The molecule has 0 bridgehead atoms. The van der Waals surface area contributed by atoms with Gasteiger partial charge in [-0.3, -0.25) is 0 Å². The molecule has 0 radical (unpaired) electrons. The molecule has 4 aromatic rings. The van der Waals surface area contributed by atoms with Crippen LogP contribution in [0.25, 0.3) is 11.0 Å². The number of nitrogens with one attached hydrogen (secondary N) is 3. The number of anilines is 4. The van der Waals surface area contributed by atoms with Crippen LogP contribution in [0.1, 0.15) is 12.5 Å². The molecule has 8 heteroatoms. The van der Waals surface area contributed by atoms with Gasteiger partial charge >= 0.3 is 0 Å². The number of fused-ring (bicyclic) bond motifs is 1. The second kappa shape index (κ2) is 9.07. The van der Waals surface area contributed by atoms with Crippen LogP contribution in [-0.2, 0) is 6.54 Å². The van der Waals surface area contributed by atoms with Gasteiger partial charge in [0.05, 0.1) is 6.54 Å². The summed E-state index contributed by atoms with van der Waals surface area (Å²) < 4.78 is 15.8. The van der Waals surface area contributed by atoms with Crippen LogP contribution in [0.5, 0.6) is 0 Å². The summed E-state index contributed by atoms with van der Waals surface area (Å²) in [6.45, 7) is 5.73. The van der Waals surface area contributed by atoms with Gasteiger partial charge in [-0.05, 0) is 61.0 Å². The van der Waals surface area contributed by atoms with Gasteiger partial charge in [-0.15, -0.1) is 0 Å². The third-order valence-electron chi connectivity index (χ3n) is 6.04. The summed E-state index contributed by atoms with van der Waals surface area (Å²) in [7, 11) is 1.84. The zero-order chi connectivity index (χ0) is 22.8. The summed E-state index contributed by atoms with van der Waals surface area (Å²) in [4.78, 5) is 11.6. The zero-order valence-electron chi connectivity index (χ0n) is 18.8. The maximum absolute atomic E-state index is 13.8. The Hall–Kier alpha value is -3.65. The Balaban J connectivity index is 1.35. The summed E-state index contributed by atoms with van der Waals surface area (Å²) in [5, 5.41) is 10.8. The van der Waals surface area contributed by atoms with Crippen molar-refractivity contribution in [3.63, 3.8) is 0 Å². The van der Waals surface area contributed by atoms with Crippen molar-refractivity contribution in [2.24, 2.45) is 0 Å². The number of rotatable bonds is 6. The van der Waals surface area contributed by atoms with Gasteiger partial charge in [0.15, 0.2) is 0 Å². The van der Waals surface area contributed by atoms with Gasteiger partial charge in [-0.25, -0.2) is 9.37 Å². The lowest BCUT2D eigenvalue weighted by atomic mass is 10.1. The fourth-order valence-electron chi connectivity index (χ4n) is 4.33. The molecule has 170 valence electrons. The van der Waals surface area contributed by atoms with E-state index in [1.807, 2.05) is 30.1 Å². The molecule has 0 saturated carbocycles. The van der Waals surface area contributed by atoms with Crippen LogP contribution in [0.3, 0.4) is 0 Å². The largest absolute Gasteiger partial charge is 0.388 e.